The molecule has 0 unspecified atom stereocenters. The third kappa shape index (κ3) is 10.1. The van der Waals surface area contributed by atoms with Gasteiger partial charge in [0.25, 0.3) is 11.8 Å². The van der Waals surface area contributed by atoms with E-state index in [1.165, 1.54) is 37.4 Å². The summed E-state index contributed by atoms with van der Waals surface area (Å²) < 4.78 is 18.2. The zero-order valence-corrected chi connectivity index (χ0v) is 32.2. The predicted octanol–water partition coefficient (Wildman–Crippen LogP) is 3.39. The molecular weight excluding hydrogens is 729 g/mol. The standard InChI is InChI=1S/C39H46N6O9S/c1-22(2)34-37(49)41-19-26-28(52-4)9-8-10-29(26)54-31-17-24(12-14-30(31)53-5)36(48)40-15-6-7-16-45(20-33(47)43-35(23(3)46)38(50)44-34)39(51)25-11-13-27-32(18-25)55-21-42-27/h8-14,17-18,21-23,34-35,46H,6-7,15-16,19-20H2,1-5H3,(H,40,48)(H,41,49)(H,43,47)(H,44,50)/t23-,34-,35+/m1/s1. The number of thiazole rings is 1. The van der Waals surface area contributed by atoms with Gasteiger partial charge < -0.3 is 45.5 Å². The third-order valence-corrected chi connectivity index (χ3v) is 9.86. The van der Waals surface area contributed by atoms with Crippen LogP contribution >= 0.6 is 11.3 Å². The molecule has 0 aliphatic carbocycles. The lowest BCUT2D eigenvalue weighted by Crippen LogP contribution is -2.59. The molecule has 5 rings (SSSR count). The fourth-order valence-electron chi connectivity index (χ4n) is 6.04. The highest BCUT2D eigenvalue weighted by atomic mass is 32.1. The van der Waals surface area contributed by atoms with Crippen molar-refractivity contribution in [3.8, 4) is 23.0 Å². The molecule has 15 nitrogen and oxygen atoms in total. The zero-order chi connectivity index (χ0) is 39.6. The molecule has 5 N–H and O–H groups in total. The number of aliphatic hydroxyl groups is 1. The van der Waals surface area contributed by atoms with Crippen LogP contribution in [0.3, 0.4) is 0 Å². The predicted molar refractivity (Wildman–Crippen MR) is 205 cm³/mol. The number of amides is 5. The van der Waals surface area contributed by atoms with Crippen molar-refractivity contribution >= 4 is 51.1 Å². The Labute approximate surface area is 322 Å². The van der Waals surface area contributed by atoms with Gasteiger partial charge in [-0.15, -0.1) is 11.3 Å². The first-order chi connectivity index (χ1) is 26.4. The van der Waals surface area contributed by atoms with E-state index in [0.29, 0.717) is 46.8 Å². The van der Waals surface area contributed by atoms with Crippen LogP contribution in [0.4, 0.5) is 0 Å². The van der Waals surface area contributed by atoms with E-state index in [1.807, 2.05) is 0 Å². The van der Waals surface area contributed by atoms with Crippen molar-refractivity contribution in [1.29, 1.82) is 0 Å². The fraction of sp³-hybridized carbons (Fsp3) is 0.385. The van der Waals surface area contributed by atoms with Crippen LogP contribution < -0.4 is 35.5 Å². The number of nitrogens with zero attached hydrogens (tertiary/aromatic N) is 2. The van der Waals surface area contributed by atoms with E-state index in [9.17, 15) is 29.1 Å². The first-order valence-electron chi connectivity index (χ1n) is 17.9. The molecule has 1 aliphatic heterocycles. The van der Waals surface area contributed by atoms with Gasteiger partial charge in [-0.3, -0.25) is 24.0 Å². The summed E-state index contributed by atoms with van der Waals surface area (Å²) in [5, 5.41) is 21.6. The Hall–Kier alpha value is -5.74. The molecule has 1 aliphatic rings. The Balaban J connectivity index is 1.46. The van der Waals surface area contributed by atoms with Gasteiger partial charge in [0.05, 0.1) is 54.7 Å². The van der Waals surface area contributed by atoms with Crippen LogP contribution in [0.25, 0.3) is 10.2 Å². The summed E-state index contributed by atoms with van der Waals surface area (Å²) >= 11 is 1.38. The van der Waals surface area contributed by atoms with Gasteiger partial charge in [0.2, 0.25) is 17.7 Å². The first-order valence-corrected chi connectivity index (χ1v) is 18.8. The van der Waals surface area contributed by atoms with Crippen molar-refractivity contribution in [1.82, 2.24) is 31.2 Å². The molecule has 292 valence electrons. The van der Waals surface area contributed by atoms with Gasteiger partial charge in [-0.2, -0.15) is 0 Å². The maximum atomic E-state index is 13.8. The van der Waals surface area contributed by atoms with Crippen molar-refractivity contribution in [2.75, 3.05) is 33.9 Å². The number of hydrogen-bond donors (Lipinski definition) is 5. The molecule has 2 heterocycles. The highest BCUT2D eigenvalue weighted by Crippen LogP contribution is 2.37. The number of ether oxygens (including phenoxy) is 3. The lowest BCUT2D eigenvalue weighted by molar-refractivity contribution is -0.135. The van der Waals surface area contributed by atoms with Crippen molar-refractivity contribution < 1.29 is 43.3 Å². The molecule has 2 bridgehead atoms. The summed E-state index contributed by atoms with van der Waals surface area (Å²) in [6, 6.07) is 12.4. The molecule has 0 saturated carbocycles. The topological polar surface area (TPSA) is 198 Å². The summed E-state index contributed by atoms with van der Waals surface area (Å²) in [7, 11) is 2.95. The number of carbonyl (C=O) groups excluding carboxylic acids is 5. The van der Waals surface area contributed by atoms with E-state index in [2.05, 4.69) is 26.3 Å². The molecule has 3 aromatic carbocycles. The third-order valence-electron chi connectivity index (χ3n) is 9.06. The summed E-state index contributed by atoms with van der Waals surface area (Å²) in [4.78, 5) is 73.5. The van der Waals surface area contributed by atoms with Crippen LogP contribution in [0.2, 0.25) is 0 Å². The Morgan fingerprint density at radius 1 is 0.909 bits per heavy atom. The minimum Gasteiger partial charge on any atom is -0.496 e. The van der Waals surface area contributed by atoms with Crippen LogP contribution in [0.1, 0.15) is 59.9 Å². The van der Waals surface area contributed by atoms with Crippen LogP contribution in [0.15, 0.2) is 60.1 Å². The smallest absolute Gasteiger partial charge is 0.254 e. The van der Waals surface area contributed by atoms with E-state index < -0.39 is 54.3 Å². The number of hydrogen-bond acceptors (Lipinski definition) is 11. The molecule has 0 radical (unpaired) electrons. The van der Waals surface area contributed by atoms with Gasteiger partial charge in [-0.05, 0) is 74.2 Å². The Morgan fingerprint density at radius 3 is 2.42 bits per heavy atom. The zero-order valence-electron chi connectivity index (χ0n) is 31.3. The summed E-state index contributed by atoms with van der Waals surface area (Å²) in [5.41, 5.74) is 3.55. The van der Waals surface area contributed by atoms with Crippen molar-refractivity contribution in [3.05, 3.63) is 76.8 Å². The van der Waals surface area contributed by atoms with Gasteiger partial charge in [-0.1, -0.05) is 19.9 Å². The first kappa shape index (κ1) is 40.4. The fourth-order valence-corrected chi connectivity index (χ4v) is 6.75. The highest BCUT2D eigenvalue weighted by molar-refractivity contribution is 7.16. The normalized spacial score (nSPS) is 18.6. The van der Waals surface area contributed by atoms with Crippen molar-refractivity contribution in [2.45, 2.75) is 58.3 Å². The molecule has 0 saturated heterocycles. The van der Waals surface area contributed by atoms with E-state index in [-0.39, 0.29) is 31.3 Å². The van der Waals surface area contributed by atoms with Crippen LogP contribution in [-0.2, 0) is 20.9 Å². The van der Waals surface area contributed by atoms with Crippen LogP contribution in [0.5, 0.6) is 23.0 Å². The van der Waals surface area contributed by atoms with Gasteiger partial charge in [0, 0.05) is 24.2 Å². The van der Waals surface area contributed by atoms with Gasteiger partial charge >= 0.3 is 0 Å². The van der Waals surface area contributed by atoms with E-state index >= 15 is 0 Å². The second-order valence-electron chi connectivity index (χ2n) is 13.4. The molecule has 4 aromatic rings. The van der Waals surface area contributed by atoms with E-state index in [1.54, 1.807) is 74.0 Å². The van der Waals surface area contributed by atoms with Crippen LogP contribution in [0, 0.1) is 5.92 Å². The van der Waals surface area contributed by atoms with Crippen molar-refractivity contribution in [2.24, 2.45) is 5.92 Å². The highest BCUT2D eigenvalue weighted by Gasteiger charge is 2.32. The minimum atomic E-state index is -1.44. The number of aliphatic hydroxyl groups excluding tert-OH is 1. The largest absolute Gasteiger partial charge is 0.496 e. The minimum absolute atomic E-state index is 0.0733. The average molecular weight is 775 g/mol. The number of methoxy groups -OCH3 is 2. The Bertz CT molecular complexity index is 2030. The quantitative estimate of drug-likeness (QED) is 0.201. The lowest BCUT2D eigenvalue weighted by Gasteiger charge is -2.28. The molecule has 5 amide bonds. The number of benzene rings is 3. The summed E-state index contributed by atoms with van der Waals surface area (Å²) in [6.07, 6.45) is -0.462. The van der Waals surface area contributed by atoms with Crippen LogP contribution in [-0.4, -0.2) is 96.6 Å². The number of fused-ring (bicyclic) bond motifs is 4. The van der Waals surface area contributed by atoms with Gasteiger partial charge in [-0.25, -0.2) is 4.98 Å². The molecule has 16 heteroatoms. The van der Waals surface area contributed by atoms with Gasteiger partial charge in [0.15, 0.2) is 11.5 Å². The molecule has 0 spiro atoms. The molecule has 3 atom stereocenters. The number of rotatable bonds is 5. The maximum Gasteiger partial charge on any atom is 0.254 e. The van der Waals surface area contributed by atoms with E-state index in [0.717, 1.165) is 10.2 Å². The summed E-state index contributed by atoms with van der Waals surface area (Å²) in [5.74, 6) is -1.87. The molecule has 0 fully saturated rings. The Kier molecular flexibility index (Phi) is 13.6. The molecule has 55 heavy (non-hydrogen) atoms. The maximum absolute atomic E-state index is 13.8. The average Bonchev–Trinajstić information content (AvgIpc) is 3.65. The lowest BCUT2D eigenvalue weighted by atomic mass is 10.0. The molecule has 1 aromatic heterocycles. The second kappa shape index (κ2) is 18.5. The second-order valence-corrected chi connectivity index (χ2v) is 14.2. The number of nitrogens with one attached hydrogen (secondary N) is 4. The van der Waals surface area contributed by atoms with E-state index in [4.69, 9.17) is 14.2 Å². The monoisotopic (exact) mass is 774 g/mol. The molecular formula is C39H46N6O9S. The van der Waals surface area contributed by atoms with Crippen molar-refractivity contribution in [3.63, 3.8) is 0 Å². The number of aromatic nitrogens is 1. The SMILES string of the molecule is COc1ccc2cc1Oc1cccc(OC)c1CNC(=O)[C@@H](C(C)C)NC(=O)[C@H]([C@@H](C)O)NC(=O)CN(C(=O)c1ccc3ncsc3c1)CCCCNC2=O. The Morgan fingerprint density at radius 2 is 1.69 bits per heavy atom. The van der Waals surface area contributed by atoms with Gasteiger partial charge in [0.1, 0.15) is 23.6 Å². The summed E-state index contributed by atoms with van der Waals surface area (Å²) in [6.45, 7) is 4.75. The number of carbonyl (C=O) groups is 5.